The molecule has 1 atom stereocenters. The number of benzene rings is 1. The minimum absolute atomic E-state index is 0. The SMILES string of the molecule is CN=C(NCCCc1nc(C(C)C)no1)NCC(c1ccc(OC)cc1)N1CCOCC1.I. The van der Waals surface area contributed by atoms with E-state index in [1.165, 1.54) is 5.56 Å². The first-order chi connectivity index (χ1) is 15.6. The van der Waals surface area contributed by atoms with Gasteiger partial charge in [-0.15, -0.1) is 24.0 Å². The smallest absolute Gasteiger partial charge is 0.226 e. The van der Waals surface area contributed by atoms with Crippen LogP contribution < -0.4 is 15.4 Å². The fourth-order valence-electron chi connectivity index (χ4n) is 3.64. The van der Waals surface area contributed by atoms with Gasteiger partial charge in [0.2, 0.25) is 5.89 Å². The van der Waals surface area contributed by atoms with Crippen LogP contribution in [0.3, 0.4) is 0 Å². The molecular weight excluding hydrogens is 535 g/mol. The Kier molecular flexibility index (Phi) is 11.9. The van der Waals surface area contributed by atoms with E-state index in [1.54, 1.807) is 14.2 Å². The number of nitrogens with one attached hydrogen (secondary N) is 2. The van der Waals surface area contributed by atoms with Crippen LogP contribution in [0.2, 0.25) is 0 Å². The summed E-state index contributed by atoms with van der Waals surface area (Å²) in [4.78, 5) is 11.3. The second-order valence-corrected chi connectivity index (χ2v) is 8.12. The summed E-state index contributed by atoms with van der Waals surface area (Å²) < 4.78 is 16.2. The fraction of sp³-hybridized carbons (Fsp3) is 0.609. The number of aryl methyl sites for hydroxylation is 1. The van der Waals surface area contributed by atoms with Crippen LogP contribution in [0.4, 0.5) is 0 Å². The molecule has 1 aromatic heterocycles. The molecule has 2 aromatic rings. The molecular formula is C23H37IN6O3. The van der Waals surface area contributed by atoms with Crippen LogP contribution in [0.25, 0.3) is 0 Å². The van der Waals surface area contributed by atoms with Gasteiger partial charge in [-0.1, -0.05) is 31.1 Å². The van der Waals surface area contributed by atoms with Crippen LogP contribution in [0.5, 0.6) is 5.75 Å². The third kappa shape index (κ3) is 8.42. The Morgan fingerprint density at radius 2 is 1.91 bits per heavy atom. The average molecular weight is 572 g/mol. The summed E-state index contributed by atoms with van der Waals surface area (Å²) >= 11 is 0. The summed E-state index contributed by atoms with van der Waals surface area (Å²) in [6.07, 6.45) is 1.62. The van der Waals surface area contributed by atoms with Gasteiger partial charge in [0.05, 0.1) is 26.4 Å². The van der Waals surface area contributed by atoms with E-state index >= 15 is 0 Å². The molecule has 0 amide bonds. The molecule has 0 aliphatic carbocycles. The average Bonchev–Trinajstić information content (AvgIpc) is 3.31. The van der Waals surface area contributed by atoms with Gasteiger partial charge in [-0.05, 0) is 24.1 Å². The topological polar surface area (TPSA) is 97.0 Å². The quantitative estimate of drug-likeness (QED) is 0.194. The minimum atomic E-state index is 0. The summed E-state index contributed by atoms with van der Waals surface area (Å²) in [6, 6.07) is 8.51. The van der Waals surface area contributed by atoms with Gasteiger partial charge in [-0.25, -0.2) is 0 Å². The molecule has 1 unspecified atom stereocenters. The number of hydrogen-bond acceptors (Lipinski definition) is 7. The third-order valence-electron chi connectivity index (χ3n) is 5.53. The third-order valence-corrected chi connectivity index (χ3v) is 5.53. The maximum atomic E-state index is 5.55. The van der Waals surface area contributed by atoms with E-state index in [0.717, 1.165) is 69.8 Å². The second kappa shape index (κ2) is 14.4. The lowest BCUT2D eigenvalue weighted by Crippen LogP contribution is -2.46. The van der Waals surface area contributed by atoms with Crippen LogP contribution in [0.15, 0.2) is 33.8 Å². The van der Waals surface area contributed by atoms with Crippen molar-refractivity contribution in [1.29, 1.82) is 0 Å². The first-order valence-electron chi connectivity index (χ1n) is 11.3. The Balaban J connectivity index is 0.00000385. The molecule has 0 radical (unpaired) electrons. The Bertz CT molecular complexity index is 837. The summed E-state index contributed by atoms with van der Waals surface area (Å²) in [7, 11) is 3.48. The molecule has 1 aliphatic heterocycles. The van der Waals surface area contributed by atoms with Gasteiger partial charge in [-0.3, -0.25) is 9.89 Å². The van der Waals surface area contributed by atoms with Gasteiger partial charge >= 0.3 is 0 Å². The number of hydrogen-bond donors (Lipinski definition) is 2. The van der Waals surface area contributed by atoms with E-state index in [1.807, 2.05) is 12.1 Å². The van der Waals surface area contributed by atoms with Crippen molar-refractivity contribution in [1.82, 2.24) is 25.7 Å². The van der Waals surface area contributed by atoms with Crippen molar-refractivity contribution in [3.8, 4) is 5.75 Å². The lowest BCUT2D eigenvalue weighted by atomic mass is 10.0. The predicted octanol–water partition coefficient (Wildman–Crippen LogP) is 2.99. The van der Waals surface area contributed by atoms with Crippen molar-refractivity contribution >= 4 is 29.9 Å². The number of ether oxygens (including phenoxy) is 2. The summed E-state index contributed by atoms with van der Waals surface area (Å²) in [5, 5.41) is 10.9. The monoisotopic (exact) mass is 572 g/mol. The van der Waals surface area contributed by atoms with E-state index in [4.69, 9.17) is 14.0 Å². The van der Waals surface area contributed by atoms with Gasteiger partial charge in [0, 0.05) is 45.6 Å². The zero-order valence-corrected chi connectivity index (χ0v) is 22.4. The lowest BCUT2D eigenvalue weighted by Gasteiger charge is -2.35. The maximum Gasteiger partial charge on any atom is 0.226 e. The molecule has 1 fully saturated rings. The highest BCUT2D eigenvalue weighted by atomic mass is 127. The summed E-state index contributed by atoms with van der Waals surface area (Å²) in [5.41, 5.74) is 1.24. The van der Waals surface area contributed by atoms with Gasteiger partial charge in [-0.2, -0.15) is 4.98 Å². The van der Waals surface area contributed by atoms with Crippen molar-refractivity contribution < 1.29 is 14.0 Å². The zero-order chi connectivity index (χ0) is 22.8. The molecule has 1 saturated heterocycles. The number of methoxy groups -OCH3 is 1. The molecule has 3 rings (SSSR count). The first kappa shape index (κ1) is 27.3. The van der Waals surface area contributed by atoms with Crippen LogP contribution in [0.1, 0.15) is 49.5 Å². The largest absolute Gasteiger partial charge is 0.497 e. The molecule has 0 saturated carbocycles. The molecule has 1 aliphatic rings. The molecule has 184 valence electrons. The Labute approximate surface area is 213 Å². The number of aliphatic imine (C=N–C) groups is 1. The van der Waals surface area contributed by atoms with Crippen LogP contribution in [-0.4, -0.2) is 74.6 Å². The number of rotatable bonds is 10. The molecule has 9 nitrogen and oxygen atoms in total. The highest BCUT2D eigenvalue weighted by Crippen LogP contribution is 2.23. The molecule has 10 heteroatoms. The van der Waals surface area contributed by atoms with Crippen molar-refractivity contribution in [3.05, 3.63) is 41.5 Å². The van der Waals surface area contributed by atoms with Gasteiger partial charge in [0.15, 0.2) is 11.8 Å². The van der Waals surface area contributed by atoms with E-state index in [-0.39, 0.29) is 35.9 Å². The first-order valence-corrected chi connectivity index (χ1v) is 11.3. The molecule has 0 bridgehead atoms. The Morgan fingerprint density at radius 1 is 1.18 bits per heavy atom. The van der Waals surface area contributed by atoms with Crippen LogP contribution in [0, 0.1) is 0 Å². The molecule has 2 N–H and O–H groups in total. The Morgan fingerprint density at radius 3 is 2.52 bits per heavy atom. The molecule has 33 heavy (non-hydrogen) atoms. The molecule has 0 spiro atoms. The predicted molar refractivity (Wildman–Crippen MR) is 140 cm³/mol. The normalized spacial score (nSPS) is 15.7. The highest BCUT2D eigenvalue weighted by molar-refractivity contribution is 14.0. The Hall–Kier alpha value is -1.92. The number of guanidine groups is 1. The summed E-state index contributed by atoms with van der Waals surface area (Å²) in [6.45, 7) is 8.96. The zero-order valence-electron chi connectivity index (χ0n) is 20.0. The van der Waals surface area contributed by atoms with E-state index in [2.05, 4.69) is 56.6 Å². The second-order valence-electron chi connectivity index (χ2n) is 8.12. The van der Waals surface area contributed by atoms with Gasteiger partial charge in [0.25, 0.3) is 0 Å². The van der Waals surface area contributed by atoms with Crippen molar-refractivity contribution in [2.75, 3.05) is 53.6 Å². The number of aromatic nitrogens is 2. The van der Waals surface area contributed by atoms with Crippen molar-refractivity contribution in [3.63, 3.8) is 0 Å². The molecule has 2 heterocycles. The number of nitrogens with zero attached hydrogens (tertiary/aromatic N) is 4. The van der Waals surface area contributed by atoms with E-state index in [0.29, 0.717) is 5.89 Å². The maximum absolute atomic E-state index is 5.55. The van der Waals surface area contributed by atoms with Gasteiger partial charge in [0.1, 0.15) is 5.75 Å². The van der Waals surface area contributed by atoms with Crippen LogP contribution >= 0.6 is 24.0 Å². The van der Waals surface area contributed by atoms with Gasteiger partial charge < -0.3 is 24.6 Å². The fourth-order valence-corrected chi connectivity index (χ4v) is 3.64. The molecule has 1 aromatic carbocycles. The standard InChI is InChI=1S/C23H36N6O3.HI/c1-17(2)22-27-21(32-28-22)6-5-11-25-23(24-3)26-16-20(29-12-14-31-15-13-29)18-7-9-19(30-4)10-8-18;/h7-10,17,20H,5-6,11-16H2,1-4H3,(H2,24,25,26);1H. The minimum Gasteiger partial charge on any atom is -0.497 e. The number of halogens is 1. The van der Waals surface area contributed by atoms with Crippen LogP contribution in [-0.2, 0) is 11.2 Å². The van der Waals surface area contributed by atoms with Crippen molar-refractivity contribution in [2.45, 2.75) is 38.6 Å². The number of morpholine rings is 1. The van der Waals surface area contributed by atoms with E-state index < -0.39 is 0 Å². The van der Waals surface area contributed by atoms with E-state index in [9.17, 15) is 0 Å². The van der Waals surface area contributed by atoms with Crippen molar-refractivity contribution in [2.24, 2.45) is 4.99 Å². The summed E-state index contributed by atoms with van der Waals surface area (Å²) in [5.74, 6) is 3.37. The highest BCUT2D eigenvalue weighted by Gasteiger charge is 2.23. The lowest BCUT2D eigenvalue weighted by molar-refractivity contribution is 0.0170.